The molecule has 4 nitrogen and oxygen atoms in total. The summed E-state index contributed by atoms with van der Waals surface area (Å²) in [5.41, 5.74) is 5.48. The molecule has 0 radical (unpaired) electrons. The smallest absolute Gasteiger partial charge is 0.0659 e. The average molecular weight is 361 g/mol. The molecule has 4 rings (SSSR count). The second-order valence-electron chi connectivity index (χ2n) is 7.31. The van der Waals surface area contributed by atoms with E-state index in [0.29, 0.717) is 0 Å². The summed E-state index contributed by atoms with van der Waals surface area (Å²) >= 11 is 0. The highest BCUT2D eigenvalue weighted by Crippen LogP contribution is 2.19. The number of benzene rings is 2. The maximum Gasteiger partial charge on any atom is 0.0659 e. The van der Waals surface area contributed by atoms with Crippen LogP contribution in [0, 0.1) is 0 Å². The van der Waals surface area contributed by atoms with E-state index in [9.17, 15) is 0 Å². The van der Waals surface area contributed by atoms with E-state index < -0.39 is 0 Å². The third-order valence-electron chi connectivity index (χ3n) is 5.39. The van der Waals surface area contributed by atoms with Crippen molar-refractivity contribution in [1.82, 2.24) is 14.7 Å². The summed E-state index contributed by atoms with van der Waals surface area (Å²) in [4.78, 5) is 5.07. The summed E-state index contributed by atoms with van der Waals surface area (Å²) in [6.07, 6.45) is 4.93. The van der Waals surface area contributed by atoms with Crippen molar-refractivity contribution in [3.63, 3.8) is 0 Å². The van der Waals surface area contributed by atoms with Crippen molar-refractivity contribution in [1.29, 1.82) is 0 Å². The lowest BCUT2D eigenvalue weighted by atomic mass is 10.1. The number of rotatable bonds is 6. The maximum absolute atomic E-state index is 4.27. The molecule has 1 aliphatic rings. The van der Waals surface area contributed by atoms with E-state index in [4.69, 9.17) is 0 Å². The van der Waals surface area contributed by atoms with Crippen LogP contribution in [-0.4, -0.2) is 40.9 Å². The lowest BCUT2D eigenvalue weighted by Crippen LogP contribution is -2.46. The topological polar surface area (TPSA) is 24.3 Å². The van der Waals surface area contributed by atoms with E-state index >= 15 is 0 Å². The first-order valence-corrected chi connectivity index (χ1v) is 9.91. The molecule has 0 N–H and O–H groups in total. The van der Waals surface area contributed by atoms with E-state index in [-0.39, 0.29) is 0 Å². The van der Waals surface area contributed by atoms with Crippen LogP contribution >= 0.6 is 0 Å². The van der Waals surface area contributed by atoms with Gasteiger partial charge in [-0.15, -0.1) is 0 Å². The Morgan fingerprint density at radius 3 is 2.22 bits per heavy atom. The summed E-state index contributed by atoms with van der Waals surface area (Å²) in [7, 11) is 0. The quantitative estimate of drug-likeness (QED) is 0.668. The summed E-state index contributed by atoms with van der Waals surface area (Å²) in [5.74, 6) is 0. The predicted octanol–water partition coefficient (Wildman–Crippen LogP) is 3.82. The van der Waals surface area contributed by atoms with Crippen molar-refractivity contribution >= 4 is 5.69 Å². The van der Waals surface area contributed by atoms with Crippen molar-refractivity contribution in [2.75, 3.05) is 31.1 Å². The van der Waals surface area contributed by atoms with E-state index in [0.717, 1.165) is 45.7 Å². The lowest BCUT2D eigenvalue weighted by molar-refractivity contribution is 0.250. The number of aryl methyl sites for hydroxylation is 1. The van der Waals surface area contributed by atoms with Gasteiger partial charge in [0.1, 0.15) is 0 Å². The molecule has 27 heavy (non-hydrogen) atoms. The molecule has 140 valence electrons. The van der Waals surface area contributed by atoms with Crippen molar-refractivity contribution in [3.8, 4) is 0 Å². The molecule has 0 atom stereocenters. The molecule has 0 aliphatic carbocycles. The maximum atomic E-state index is 4.27. The predicted molar refractivity (Wildman–Crippen MR) is 111 cm³/mol. The van der Waals surface area contributed by atoms with Crippen LogP contribution in [0.3, 0.4) is 0 Å². The fraction of sp³-hybridized carbons (Fsp3) is 0.348. The Hall–Kier alpha value is -2.59. The lowest BCUT2D eigenvalue weighted by Gasteiger charge is -2.36. The Balaban J connectivity index is 1.30. The number of anilines is 1. The van der Waals surface area contributed by atoms with Crippen molar-refractivity contribution in [2.24, 2.45) is 0 Å². The summed E-state index contributed by atoms with van der Waals surface area (Å²) in [6, 6.07) is 19.9. The minimum Gasteiger partial charge on any atom is -0.369 e. The third-order valence-corrected chi connectivity index (χ3v) is 5.39. The van der Waals surface area contributed by atoms with Crippen molar-refractivity contribution in [2.45, 2.75) is 26.4 Å². The molecule has 2 aromatic carbocycles. The molecule has 1 aromatic heterocycles. The molecule has 0 unspecified atom stereocenters. The Kier molecular flexibility index (Phi) is 5.54. The zero-order chi connectivity index (χ0) is 18.5. The highest BCUT2D eigenvalue weighted by Gasteiger charge is 2.17. The van der Waals surface area contributed by atoms with Gasteiger partial charge in [0.2, 0.25) is 0 Å². The number of hydrogen-bond donors (Lipinski definition) is 0. The van der Waals surface area contributed by atoms with Gasteiger partial charge < -0.3 is 4.90 Å². The molecule has 2 heterocycles. The fourth-order valence-electron chi connectivity index (χ4n) is 3.73. The average Bonchev–Trinajstić information content (AvgIpc) is 3.23. The highest BCUT2D eigenvalue weighted by atomic mass is 15.3. The Morgan fingerprint density at radius 1 is 0.815 bits per heavy atom. The second-order valence-corrected chi connectivity index (χ2v) is 7.31. The Morgan fingerprint density at radius 2 is 1.56 bits per heavy atom. The van der Waals surface area contributed by atoms with Gasteiger partial charge >= 0.3 is 0 Å². The standard InChI is InChI=1S/C23H28N4/c1-2-20-5-3-6-23(17-20)26-15-13-25(14-16-26)18-21-7-9-22(10-8-21)19-27-12-4-11-24-27/h3-12,17H,2,13-16,18-19H2,1H3. The van der Waals surface area contributed by atoms with Crippen LogP contribution in [0.15, 0.2) is 67.0 Å². The molecule has 3 aromatic rings. The number of hydrogen-bond acceptors (Lipinski definition) is 3. The van der Waals surface area contributed by atoms with Gasteiger partial charge in [0.15, 0.2) is 0 Å². The van der Waals surface area contributed by atoms with Crippen LogP contribution in [0.2, 0.25) is 0 Å². The van der Waals surface area contributed by atoms with Crippen LogP contribution in [0.4, 0.5) is 5.69 Å². The third kappa shape index (κ3) is 4.58. The van der Waals surface area contributed by atoms with Crippen LogP contribution in [-0.2, 0) is 19.5 Å². The molecule has 1 fully saturated rings. The molecule has 0 bridgehead atoms. The van der Waals surface area contributed by atoms with Crippen molar-refractivity contribution in [3.05, 3.63) is 83.7 Å². The van der Waals surface area contributed by atoms with E-state index in [1.54, 1.807) is 0 Å². The summed E-state index contributed by atoms with van der Waals surface area (Å²) in [6.45, 7) is 8.52. The van der Waals surface area contributed by atoms with Gasteiger partial charge in [-0.3, -0.25) is 9.58 Å². The number of piperazine rings is 1. The summed E-state index contributed by atoms with van der Waals surface area (Å²) < 4.78 is 1.96. The summed E-state index contributed by atoms with van der Waals surface area (Å²) in [5, 5.41) is 4.27. The zero-order valence-corrected chi connectivity index (χ0v) is 16.1. The Bertz CT molecular complexity index is 831. The molecular weight excluding hydrogens is 332 g/mol. The highest BCUT2D eigenvalue weighted by molar-refractivity contribution is 5.49. The van der Waals surface area contributed by atoms with E-state index in [1.807, 2.05) is 23.1 Å². The molecule has 4 heteroatoms. The van der Waals surface area contributed by atoms with Crippen LogP contribution in [0.25, 0.3) is 0 Å². The normalized spacial score (nSPS) is 15.2. The largest absolute Gasteiger partial charge is 0.369 e. The monoisotopic (exact) mass is 360 g/mol. The molecule has 1 aliphatic heterocycles. The van der Waals surface area contributed by atoms with Crippen LogP contribution < -0.4 is 4.90 Å². The first kappa shape index (κ1) is 17.8. The minimum absolute atomic E-state index is 0.836. The van der Waals surface area contributed by atoms with Gasteiger partial charge in [-0.25, -0.2) is 0 Å². The van der Waals surface area contributed by atoms with Gasteiger partial charge in [0.05, 0.1) is 6.54 Å². The number of aromatic nitrogens is 2. The van der Waals surface area contributed by atoms with Gasteiger partial charge in [-0.2, -0.15) is 5.10 Å². The fourth-order valence-corrected chi connectivity index (χ4v) is 3.73. The van der Waals surface area contributed by atoms with Crippen LogP contribution in [0.1, 0.15) is 23.6 Å². The molecule has 0 amide bonds. The molecule has 0 saturated carbocycles. The molecule has 0 spiro atoms. The second kappa shape index (κ2) is 8.40. The van der Waals surface area contributed by atoms with E-state index in [1.165, 1.54) is 22.4 Å². The van der Waals surface area contributed by atoms with Gasteiger partial charge in [0.25, 0.3) is 0 Å². The van der Waals surface area contributed by atoms with Gasteiger partial charge in [0, 0.05) is 50.8 Å². The van der Waals surface area contributed by atoms with Gasteiger partial charge in [-0.1, -0.05) is 43.3 Å². The van der Waals surface area contributed by atoms with E-state index in [2.05, 4.69) is 70.4 Å². The Labute approximate surface area is 162 Å². The number of nitrogens with zero attached hydrogens (tertiary/aromatic N) is 4. The molecule has 1 saturated heterocycles. The van der Waals surface area contributed by atoms with Crippen molar-refractivity contribution < 1.29 is 0 Å². The molecular formula is C23H28N4. The first-order chi connectivity index (χ1) is 13.3. The minimum atomic E-state index is 0.836. The first-order valence-electron chi connectivity index (χ1n) is 9.91. The van der Waals surface area contributed by atoms with Crippen LogP contribution in [0.5, 0.6) is 0 Å². The zero-order valence-electron chi connectivity index (χ0n) is 16.1. The van der Waals surface area contributed by atoms with Gasteiger partial charge in [-0.05, 0) is 41.3 Å². The SMILES string of the molecule is CCc1cccc(N2CCN(Cc3ccc(Cn4cccn4)cc3)CC2)c1.